The molecule has 0 spiro atoms. The summed E-state index contributed by atoms with van der Waals surface area (Å²) in [4.78, 5) is 26.3. The average molecular weight is 385 g/mol. The first kappa shape index (κ1) is 21.3. The van der Waals surface area contributed by atoms with E-state index in [4.69, 9.17) is 14.2 Å². The molecule has 0 saturated carbocycles. The molecule has 0 saturated heterocycles. The molecule has 6 nitrogen and oxygen atoms in total. The summed E-state index contributed by atoms with van der Waals surface area (Å²) in [5, 5.41) is 0. The zero-order valence-electron chi connectivity index (χ0n) is 16.8. The summed E-state index contributed by atoms with van der Waals surface area (Å²) in [7, 11) is 1.52. The molecule has 2 aromatic carbocycles. The SMILES string of the molecule is COc1ccccc1OCC(=O)OCC(=O)N(Cc1ccccc1)C(C)(C)C. The highest BCUT2D eigenvalue weighted by Crippen LogP contribution is 2.25. The number of hydrogen-bond acceptors (Lipinski definition) is 5. The molecule has 0 aliphatic heterocycles. The molecule has 0 aromatic heterocycles. The number of carbonyl (C=O) groups excluding carboxylic acids is 2. The van der Waals surface area contributed by atoms with Gasteiger partial charge in [0.1, 0.15) is 0 Å². The molecular weight excluding hydrogens is 358 g/mol. The Hall–Kier alpha value is -3.02. The second-order valence-electron chi connectivity index (χ2n) is 7.24. The van der Waals surface area contributed by atoms with Crippen LogP contribution in [-0.2, 0) is 20.9 Å². The molecule has 2 rings (SSSR count). The molecule has 28 heavy (non-hydrogen) atoms. The van der Waals surface area contributed by atoms with Crippen LogP contribution in [0, 0.1) is 0 Å². The first-order valence-electron chi connectivity index (χ1n) is 9.07. The Kier molecular flexibility index (Phi) is 7.44. The highest BCUT2D eigenvalue weighted by Gasteiger charge is 2.27. The van der Waals surface area contributed by atoms with Gasteiger partial charge < -0.3 is 19.1 Å². The van der Waals surface area contributed by atoms with E-state index in [9.17, 15) is 9.59 Å². The van der Waals surface area contributed by atoms with Crippen LogP contribution < -0.4 is 9.47 Å². The third-order valence-electron chi connectivity index (χ3n) is 4.07. The van der Waals surface area contributed by atoms with Crippen LogP contribution in [0.5, 0.6) is 11.5 Å². The molecule has 0 bridgehead atoms. The minimum atomic E-state index is -0.618. The van der Waals surface area contributed by atoms with Gasteiger partial charge in [-0.15, -0.1) is 0 Å². The fraction of sp³-hybridized carbons (Fsp3) is 0.364. The van der Waals surface area contributed by atoms with E-state index in [-0.39, 0.29) is 19.1 Å². The van der Waals surface area contributed by atoms with Crippen molar-refractivity contribution in [3.8, 4) is 11.5 Å². The van der Waals surface area contributed by atoms with Gasteiger partial charge in [0.05, 0.1) is 7.11 Å². The van der Waals surface area contributed by atoms with Crippen molar-refractivity contribution in [2.45, 2.75) is 32.9 Å². The maximum Gasteiger partial charge on any atom is 0.344 e. The Bertz CT molecular complexity index is 783. The summed E-state index contributed by atoms with van der Waals surface area (Å²) >= 11 is 0. The molecule has 1 amide bonds. The molecule has 0 N–H and O–H groups in total. The highest BCUT2D eigenvalue weighted by atomic mass is 16.6. The zero-order valence-corrected chi connectivity index (χ0v) is 16.8. The number of benzene rings is 2. The lowest BCUT2D eigenvalue weighted by Gasteiger charge is -2.35. The van der Waals surface area contributed by atoms with Gasteiger partial charge in [0.2, 0.25) is 0 Å². The topological polar surface area (TPSA) is 65.1 Å². The van der Waals surface area contributed by atoms with Crippen molar-refractivity contribution in [3.05, 3.63) is 60.2 Å². The number of ether oxygens (including phenoxy) is 3. The van der Waals surface area contributed by atoms with Crippen molar-refractivity contribution in [2.24, 2.45) is 0 Å². The number of esters is 1. The van der Waals surface area contributed by atoms with Gasteiger partial charge in [-0.05, 0) is 38.5 Å². The molecule has 6 heteroatoms. The van der Waals surface area contributed by atoms with Crippen LogP contribution in [0.2, 0.25) is 0 Å². The Morgan fingerprint density at radius 1 is 0.893 bits per heavy atom. The molecular formula is C22H27NO5. The van der Waals surface area contributed by atoms with Crippen LogP contribution in [0.1, 0.15) is 26.3 Å². The summed E-state index contributed by atoms with van der Waals surface area (Å²) < 4.78 is 15.7. The molecule has 0 aliphatic carbocycles. The van der Waals surface area contributed by atoms with Gasteiger partial charge in [-0.25, -0.2) is 4.79 Å². The number of rotatable bonds is 8. The molecule has 0 atom stereocenters. The van der Waals surface area contributed by atoms with E-state index in [0.717, 1.165) is 5.56 Å². The van der Waals surface area contributed by atoms with Crippen LogP contribution in [0.15, 0.2) is 54.6 Å². The monoisotopic (exact) mass is 385 g/mol. The van der Waals surface area contributed by atoms with E-state index in [1.165, 1.54) is 7.11 Å². The van der Waals surface area contributed by atoms with Gasteiger partial charge >= 0.3 is 5.97 Å². The summed E-state index contributed by atoms with van der Waals surface area (Å²) in [5.41, 5.74) is 0.601. The Labute approximate surface area is 166 Å². The predicted octanol–water partition coefficient (Wildman–Crippen LogP) is 3.44. The second-order valence-corrected chi connectivity index (χ2v) is 7.24. The normalized spacial score (nSPS) is 10.9. The Morgan fingerprint density at radius 2 is 1.50 bits per heavy atom. The van der Waals surface area contributed by atoms with Crippen molar-refractivity contribution in [3.63, 3.8) is 0 Å². The van der Waals surface area contributed by atoms with Crippen LogP contribution in [0.25, 0.3) is 0 Å². The quantitative estimate of drug-likeness (QED) is 0.651. The molecule has 0 heterocycles. The zero-order chi connectivity index (χ0) is 20.6. The van der Waals surface area contributed by atoms with Gasteiger partial charge in [-0.1, -0.05) is 42.5 Å². The van der Waals surface area contributed by atoms with Crippen molar-refractivity contribution in [2.75, 3.05) is 20.3 Å². The summed E-state index contributed by atoms with van der Waals surface area (Å²) in [5.74, 6) is 0.0802. The smallest absolute Gasteiger partial charge is 0.344 e. The number of carbonyl (C=O) groups is 2. The van der Waals surface area contributed by atoms with E-state index in [2.05, 4.69) is 0 Å². The molecule has 2 aromatic rings. The second kappa shape index (κ2) is 9.78. The van der Waals surface area contributed by atoms with Crippen molar-refractivity contribution in [1.29, 1.82) is 0 Å². The van der Waals surface area contributed by atoms with Gasteiger partial charge in [0.25, 0.3) is 5.91 Å². The Morgan fingerprint density at radius 3 is 2.11 bits per heavy atom. The molecule has 0 aliphatic rings. The fourth-order valence-electron chi connectivity index (χ4n) is 2.60. The maximum atomic E-state index is 12.7. The Balaban J connectivity index is 1.90. The number of para-hydroxylation sites is 2. The standard InChI is InChI=1S/C22H27NO5/c1-22(2,3)23(14-17-10-6-5-7-11-17)20(24)15-28-21(25)16-27-19-13-9-8-12-18(19)26-4/h5-13H,14-16H2,1-4H3. The van der Waals surface area contributed by atoms with Gasteiger partial charge in [0.15, 0.2) is 24.7 Å². The minimum Gasteiger partial charge on any atom is -0.493 e. The van der Waals surface area contributed by atoms with E-state index in [1.807, 2.05) is 51.1 Å². The molecule has 0 radical (unpaired) electrons. The van der Waals surface area contributed by atoms with Crippen LogP contribution >= 0.6 is 0 Å². The van der Waals surface area contributed by atoms with Gasteiger partial charge in [0, 0.05) is 12.1 Å². The largest absolute Gasteiger partial charge is 0.493 e. The fourth-order valence-corrected chi connectivity index (χ4v) is 2.60. The summed E-state index contributed by atoms with van der Waals surface area (Å²) in [6.07, 6.45) is 0. The van der Waals surface area contributed by atoms with Gasteiger partial charge in [-0.2, -0.15) is 0 Å². The molecule has 150 valence electrons. The predicted molar refractivity (Wildman–Crippen MR) is 106 cm³/mol. The summed E-state index contributed by atoms with van der Waals surface area (Å²) in [6.45, 7) is 5.64. The van der Waals surface area contributed by atoms with E-state index >= 15 is 0 Å². The van der Waals surface area contributed by atoms with E-state index in [0.29, 0.717) is 18.0 Å². The van der Waals surface area contributed by atoms with Crippen molar-refractivity contribution in [1.82, 2.24) is 4.90 Å². The number of amides is 1. The average Bonchev–Trinajstić information content (AvgIpc) is 2.68. The lowest BCUT2D eigenvalue weighted by Crippen LogP contribution is -2.47. The minimum absolute atomic E-state index is 0.262. The lowest BCUT2D eigenvalue weighted by atomic mass is 10.0. The molecule has 0 unspecified atom stereocenters. The van der Waals surface area contributed by atoms with Crippen LogP contribution in [-0.4, -0.2) is 42.6 Å². The first-order chi connectivity index (χ1) is 13.3. The van der Waals surface area contributed by atoms with Crippen molar-refractivity contribution < 1.29 is 23.8 Å². The number of nitrogens with zero attached hydrogens (tertiary/aromatic N) is 1. The first-order valence-corrected chi connectivity index (χ1v) is 9.07. The maximum absolute atomic E-state index is 12.7. The number of hydrogen-bond donors (Lipinski definition) is 0. The molecule has 0 fully saturated rings. The lowest BCUT2D eigenvalue weighted by molar-refractivity contribution is -0.156. The third kappa shape index (κ3) is 6.30. The highest BCUT2D eigenvalue weighted by molar-refractivity contribution is 5.81. The van der Waals surface area contributed by atoms with E-state index in [1.54, 1.807) is 29.2 Å². The van der Waals surface area contributed by atoms with Crippen molar-refractivity contribution >= 4 is 11.9 Å². The van der Waals surface area contributed by atoms with Crippen LogP contribution in [0.3, 0.4) is 0 Å². The number of methoxy groups -OCH3 is 1. The third-order valence-corrected chi connectivity index (χ3v) is 4.07. The van der Waals surface area contributed by atoms with E-state index < -0.39 is 11.5 Å². The summed E-state index contributed by atoms with van der Waals surface area (Å²) in [6, 6.07) is 16.7. The van der Waals surface area contributed by atoms with Gasteiger partial charge in [-0.3, -0.25) is 4.79 Å². The van der Waals surface area contributed by atoms with Crippen LogP contribution in [0.4, 0.5) is 0 Å².